The Hall–Kier alpha value is -2.68. The first kappa shape index (κ1) is 19.1. The summed E-state index contributed by atoms with van der Waals surface area (Å²) in [5.41, 5.74) is 7.74. The number of benzene rings is 1. The van der Waals surface area contributed by atoms with Crippen LogP contribution in [-0.2, 0) is 11.3 Å². The number of rotatable bonds is 7. The van der Waals surface area contributed by atoms with Gasteiger partial charge in [0.25, 0.3) is 0 Å². The summed E-state index contributed by atoms with van der Waals surface area (Å²) in [5.74, 6) is -0.258. The van der Waals surface area contributed by atoms with Crippen LogP contribution >= 0.6 is 0 Å². The lowest BCUT2D eigenvalue weighted by atomic mass is 9.97. The summed E-state index contributed by atoms with van der Waals surface area (Å²) >= 11 is 0. The maximum Gasteiger partial charge on any atom is 0.317 e. The zero-order chi connectivity index (χ0) is 19.2. The Bertz CT molecular complexity index is 792. The minimum Gasteiger partial charge on any atom is -0.369 e. The van der Waals surface area contributed by atoms with Crippen molar-refractivity contribution in [2.45, 2.75) is 25.8 Å². The molecule has 1 saturated heterocycles. The van der Waals surface area contributed by atoms with Crippen LogP contribution in [0.3, 0.4) is 0 Å². The lowest BCUT2D eigenvalue weighted by Crippen LogP contribution is -2.42. The maximum absolute atomic E-state index is 12.2. The predicted octanol–water partition coefficient (Wildman–Crippen LogP) is 0.952. The fourth-order valence-corrected chi connectivity index (χ4v) is 3.40. The molecule has 3 amide bonds. The van der Waals surface area contributed by atoms with Gasteiger partial charge in [0.15, 0.2) is 0 Å². The molecule has 9 heteroatoms. The van der Waals surface area contributed by atoms with Gasteiger partial charge in [-0.3, -0.25) is 4.79 Å². The normalized spacial score (nSPS) is 17.7. The van der Waals surface area contributed by atoms with Gasteiger partial charge in [0.2, 0.25) is 5.91 Å². The van der Waals surface area contributed by atoms with E-state index in [-0.39, 0.29) is 17.9 Å². The van der Waals surface area contributed by atoms with E-state index < -0.39 is 0 Å². The topological polar surface area (TPSA) is 118 Å². The van der Waals surface area contributed by atoms with E-state index in [1.807, 2.05) is 18.2 Å². The number of primary amides is 1. The third-order valence-electron chi connectivity index (χ3n) is 4.92. The first-order valence-corrected chi connectivity index (χ1v) is 9.25. The molecule has 1 aromatic heterocycles. The number of amides is 3. The molecule has 1 fully saturated rings. The Morgan fingerprint density at radius 2 is 2.19 bits per heavy atom. The van der Waals surface area contributed by atoms with Crippen molar-refractivity contribution in [2.75, 3.05) is 33.2 Å². The summed E-state index contributed by atoms with van der Waals surface area (Å²) in [5, 5.41) is 10.5. The SMILES string of the molecule is CN(Cc1ccc2nonc2c1)C(=O)NCCCN1CCC[C@@H](C(N)=O)C1. The second-order valence-electron chi connectivity index (χ2n) is 7.07. The van der Waals surface area contributed by atoms with Crippen molar-refractivity contribution >= 4 is 23.0 Å². The smallest absolute Gasteiger partial charge is 0.317 e. The summed E-state index contributed by atoms with van der Waals surface area (Å²) in [7, 11) is 1.75. The highest BCUT2D eigenvalue weighted by Crippen LogP contribution is 2.16. The lowest BCUT2D eigenvalue weighted by Gasteiger charge is -2.31. The second kappa shape index (κ2) is 8.81. The molecule has 1 aliphatic heterocycles. The monoisotopic (exact) mass is 374 g/mol. The highest BCUT2D eigenvalue weighted by atomic mass is 16.6. The van der Waals surface area contributed by atoms with E-state index in [0.717, 1.165) is 44.5 Å². The number of piperidine rings is 1. The molecular weight excluding hydrogens is 348 g/mol. The number of nitrogens with zero attached hydrogens (tertiary/aromatic N) is 4. The zero-order valence-corrected chi connectivity index (χ0v) is 15.6. The molecule has 3 rings (SSSR count). The van der Waals surface area contributed by atoms with Crippen LogP contribution in [0.5, 0.6) is 0 Å². The average Bonchev–Trinajstić information content (AvgIpc) is 3.13. The number of aromatic nitrogens is 2. The number of hydrogen-bond acceptors (Lipinski definition) is 6. The number of likely N-dealkylation sites (tertiary alicyclic amines) is 1. The van der Waals surface area contributed by atoms with Crippen molar-refractivity contribution in [3.05, 3.63) is 23.8 Å². The Kier molecular flexibility index (Phi) is 6.23. The maximum atomic E-state index is 12.2. The molecule has 0 aliphatic carbocycles. The van der Waals surface area contributed by atoms with Crippen LogP contribution in [-0.4, -0.2) is 65.3 Å². The van der Waals surface area contributed by atoms with Crippen LogP contribution in [0.4, 0.5) is 4.79 Å². The van der Waals surface area contributed by atoms with Crippen LogP contribution in [0.2, 0.25) is 0 Å². The quantitative estimate of drug-likeness (QED) is 0.697. The number of carbonyl (C=O) groups excluding carboxylic acids is 2. The summed E-state index contributed by atoms with van der Waals surface area (Å²) < 4.78 is 4.68. The van der Waals surface area contributed by atoms with E-state index in [2.05, 4.69) is 25.2 Å². The predicted molar refractivity (Wildman–Crippen MR) is 99.6 cm³/mol. The minimum absolute atomic E-state index is 0.0447. The fourth-order valence-electron chi connectivity index (χ4n) is 3.40. The Labute approximate surface area is 157 Å². The summed E-state index contributed by atoms with van der Waals surface area (Å²) in [4.78, 5) is 27.4. The van der Waals surface area contributed by atoms with Gasteiger partial charge in [0.1, 0.15) is 11.0 Å². The van der Waals surface area contributed by atoms with Crippen LogP contribution in [0, 0.1) is 5.92 Å². The number of carbonyl (C=O) groups is 2. The van der Waals surface area contributed by atoms with Crippen LogP contribution in [0.25, 0.3) is 11.0 Å². The van der Waals surface area contributed by atoms with Gasteiger partial charge >= 0.3 is 6.03 Å². The third kappa shape index (κ3) is 5.16. The van der Waals surface area contributed by atoms with Crippen LogP contribution in [0.1, 0.15) is 24.8 Å². The van der Waals surface area contributed by atoms with Crippen molar-refractivity contribution in [1.29, 1.82) is 0 Å². The van der Waals surface area contributed by atoms with Crippen molar-refractivity contribution in [3.8, 4) is 0 Å². The van der Waals surface area contributed by atoms with Crippen molar-refractivity contribution < 1.29 is 14.2 Å². The molecule has 9 nitrogen and oxygen atoms in total. The molecule has 27 heavy (non-hydrogen) atoms. The number of nitrogens with one attached hydrogen (secondary N) is 1. The number of hydrogen-bond donors (Lipinski definition) is 2. The minimum atomic E-state index is -0.214. The van der Waals surface area contributed by atoms with Gasteiger partial charge in [0.05, 0.1) is 5.92 Å². The van der Waals surface area contributed by atoms with E-state index in [1.54, 1.807) is 11.9 Å². The Balaban J connectivity index is 1.37. The van der Waals surface area contributed by atoms with Crippen molar-refractivity contribution in [3.63, 3.8) is 0 Å². The molecule has 0 unspecified atom stereocenters. The number of nitrogens with two attached hydrogens (primary N) is 1. The highest BCUT2D eigenvalue weighted by molar-refractivity contribution is 5.77. The zero-order valence-electron chi connectivity index (χ0n) is 15.6. The standard InChI is InChI=1S/C18H26N6O3/c1-23(11-13-5-6-15-16(10-13)22-27-21-15)18(26)20-7-3-9-24-8-2-4-14(12-24)17(19)25/h5-6,10,14H,2-4,7-9,11-12H2,1H3,(H2,19,25)(H,20,26)/t14-/m1/s1. The van der Waals surface area contributed by atoms with Gasteiger partial charge < -0.3 is 20.9 Å². The lowest BCUT2D eigenvalue weighted by molar-refractivity contribution is -0.123. The van der Waals surface area contributed by atoms with E-state index in [0.29, 0.717) is 24.1 Å². The van der Waals surface area contributed by atoms with Gasteiger partial charge in [0, 0.05) is 26.7 Å². The van der Waals surface area contributed by atoms with Crippen LogP contribution in [0.15, 0.2) is 22.8 Å². The number of urea groups is 1. The van der Waals surface area contributed by atoms with Gasteiger partial charge in [-0.1, -0.05) is 6.07 Å². The molecule has 2 aromatic rings. The van der Waals surface area contributed by atoms with Gasteiger partial charge in [-0.05, 0) is 60.4 Å². The summed E-state index contributed by atoms with van der Waals surface area (Å²) in [6.07, 6.45) is 2.71. The second-order valence-corrected chi connectivity index (χ2v) is 7.07. The van der Waals surface area contributed by atoms with E-state index in [4.69, 9.17) is 5.73 Å². The van der Waals surface area contributed by atoms with Gasteiger partial charge in [-0.25, -0.2) is 9.42 Å². The molecule has 1 aromatic carbocycles. The molecule has 1 atom stereocenters. The van der Waals surface area contributed by atoms with Crippen LogP contribution < -0.4 is 11.1 Å². The van der Waals surface area contributed by atoms with Crippen molar-refractivity contribution in [2.24, 2.45) is 11.7 Å². The van der Waals surface area contributed by atoms with Gasteiger partial charge in [-0.2, -0.15) is 0 Å². The Morgan fingerprint density at radius 3 is 3.00 bits per heavy atom. The molecule has 2 heterocycles. The molecule has 0 saturated carbocycles. The summed E-state index contributed by atoms with van der Waals surface area (Å²) in [6.45, 7) is 3.62. The molecule has 0 radical (unpaired) electrons. The number of fused-ring (bicyclic) bond motifs is 1. The molecule has 0 bridgehead atoms. The fraction of sp³-hybridized carbons (Fsp3) is 0.556. The highest BCUT2D eigenvalue weighted by Gasteiger charge is 2.23. The van der Waals surface area contributed by atoms with E-state index in [9.17, 15) is 9.59 Å². The van der Waals surface area contributed by atoms with E-state index >= 15 is 0 Å². The third-order valence-corrected chi connectivity index (χ3v) is 4.92. The van der Waals surface area contributed by atoms with E-state index in [1.165, 1.54) is 0 Å². The average molecular weight is 374 g/mol. The first-order chi connectivity index (χ1) is 13.0. The van der Waals surface area contributed by atoms with Crippen molar-refractivity contribution in [1.82, 2.24) is 25.4 Å². The molecule has 0 spiro atoms. The largest absolute Gasteiger partial charge is 0.369 e. The molecule has 146 valence electrons. The van der Waals surface area contributed by atoms with Gasteiger partial charge in [-0.15, -0.1) is 0 Å². The first-order valence-electron chi connectivity index (χ1n) is 9.25. The molecule has 3 N–H and O–H groups in total. The molecular formula is C18H26N6O3. The summed E-state index contributed by atoms with van der Waals surface area (Å²) in [6, 6.07) is 5.47. The molecule has 1 aliphatic rings. The Morgan fingerprint density at radius 1 is 1.37 bits per heavy atom.